The van der Waals surface area contributed by atoms with Crippen LogP contribution in [0.25, 0.3) is 0 Å². The number of aryl methyl sites for hydroxylation is 1. The predicted molar refractivity (Wildman–Crippen MR) is 63.5 cm³/mol. The average Bonchev–Trinajstić information content (AvgIpc) is 2.34. The van der Waals surface area contributed by atoms with Crippen molar-refractivity contribution in [2.45, 2.75) is 20.0 Å². The molecule has 1 rings (SSSR count). The third-order valence-corrected chi connectivity index (χ3v) is 2.10. The van der Waals surface area contributed by atoms with Gasteiger partial charge in [-0.25, -0.2) is 0 Å². The van der Waals surface area contributed by atoms with E-state index in [1.807, 2.05) is 6.92 Å². The molecule has 1 N–H and O–H groups in total. The van der Waals surface area contributed by atoms with Gasteiger partial charge in [0.05, 0.1) is 0 Å². The highest BCUT2D eigenvalue weighted by Crippen LogP contribution is 2.15. The fourth-order valence-corrected chi connectivity index (χ4v) is 1.17. The first-order valence-corrected chi connectivity index (χ1v) is 5.49. The van der Waals surface area contributed by atoms with E-state index in [1.54, 1.807) is 36.5 Å². The molecule has 0 unspecified atom stereocenters. The monoisotopic (exact) mass is 274 g/mol. The van der Waals surface area contributed by atoms with Gasteiger partial charge in [0.25, 0.3) is 0 Å². The minimum atomic E-state index is -4.97. The van der Waals surface area contributed by atoms with Gasteiger partial charge in [-0.3, -0.25) is 10.1 Å². The minimum absolute atomic E-state index is 0.178. The molecular weight excluding hydrogens is 261 g/mol. The zero-order valence-electron chi connectivity index (χ0n) is 10.4. The van der Waals surface area contributed by atoms with Crippen LogP contribution in [0.15, 0.2) is 29.4 Å². The molecule has 104 valence electrons. The van der Waals surface area contributed by atoms with Crippen molar-refractivity contribution in [3.05, 3.63) is 35.4 Å². The van der Waals surface area contributed by atoms with Crippen LogP contribution in [-0.2, 0) is 9.63 Å². The second-order valence-electron chi connectivity index (χ2n) is 3.68. The fourth-order valence-electron chi connectivity index (χ4n) is 1.17. The molecule has 0 atom stereocenters. The summed E-state index contributed by atoms with van der Waals surface area (Å²) >= 11 is 0. The maximum Gasteiger partial charge on any atom is 0.471 e. The van der Waals surface area contributed by atoms with Crippen molar-refractivity contribution >= 4 is 11.7 Å². The third-order valence-electron chi connectivity index (χ3n) is 2.10. The molecule has 1 aromatic rings. The van der Waals surface area contributed by atoms with Crippen molar-refractivity contribution < 1.29 is 22.8 Å². The average molecular weight is 274 g/mol. The van der Waals surface area contributed by atoms with Gasteiger partial charge in [-0.2, -0.15) is 13.2 Å². The molecule has 0 saturated carbocycles. The summed E-state index contributed by atoms with van der Waals surface area (Å²) in [4.78, 5) is 15.6. The minimum Gasteiger partial charge on any atom is -0.394 e. The number of benzene rings is 1. The van der Waals surface area contributed by atoms with E-state index in [0.29, 0.717) is 5.56 Å². The Morgan fingerprint density at radius 3 is 2.37 bits per heavy atom. The summed E-state index contributed by atoms with van der Waals surface area (Å²) < 4.78 is 36.6. The highest BCUT2D eigenvalue weighted by Gasteiger charge is 2.39. The van der Waals surface area contributed by atoms with Crippen LogP contribution in [0, 0.1) is 6.92 Å². The molecule has 0 fully saturated rings. The van der Waals surface area contributed by atoms with Crippen molar-refractivity contribution in [2.24, 2.45) is 5.16 Å². The van der Waals surface area contributed by atoms with Crippen LogP contribution in [0.2, 0.25) is 0 Å². The molecule has 0 saturated heterocycles. The lowest BCUT2D eigenvalue weighted by molar-refractivity contribution is -0.171. The van der Waals surface area contributed by atoms with Crippen molar-refractivity contribution in [1.82, 2.24) is 5.32 Å². The number of nitrogens with one attached hydrogen (secondary N) is 1. The molecule has 1 amide bonds. The first kappa shape index (κ1) is 15.0. The summed E-state index contributed by atoms with van der Waals surface area (Å²) in [5, 5.41) is 5.17. The van der Waals surface area contributed by atoms with Crippen molar-refractivity contribution in [3.8, 4) is 0 Å². The van der Waals surface area contributed by atoms with Gasteiger partial charge in [0.1, 0.15) is 6.61 Å². The third kappa shape index (κ3) is 4.61. The highest BCUT2D eigenvalue weighted by molar-refractivity contribution is 6.08. The summed E-state index contributed by atoms with van der Waals surface area (Å²) in [6.45, 7) is 3.64. The smallest absolute Gasteiger partial charge is 0.394 e. The van der Waals surface area contributed by atoms with Crippen LogP contribution >= 0.6 is 0 Å². The number of carbonyl (C=O) groups excluding carboxylic acids is 1. The standard InChI is InChI=1S/C12H13F3N2O2/c1-3-19-17-10(16-11(18)12(13,14)15)9-6-4-8(2)5-7-9/h4-7H,3H2,1-2H3,(H,16,17,18). The van der Waals surface area contributed by atoms with E-state index in [2.05, 4.69) is 5.16 Å². The van der Waals surface area contributed by atoms with Gasteiger partial charge in [0.2, 0.25) is 0 Å². The lowest BCUT2D eigenvalue weighted by atomic mass is 10.1. The Hall–Kier alpha value is -2.05. The largest absolute Gasteiger partial charge is 0.471 e. The summed E-state index contributed by atoms with van der Waals surface area (Å²) in [5.41, 5.74) is 1.26. The van der Waals surface area contributed by atoms with Gasteiger partial charge in [-0.1, -0.05) is 35.0 Å². The number of alkyl halides is 3. The Balaban J connectivity index is 2.96. The van der Waals surface area contributed by atoms with Crippen LogP contribution in [0.5, 0.6) is 0 Å². The Morgan fingerprint density at radius 1 is 1.32 bits per heavy atom. The van der Waals surface area contributed by atoms with Gasteiger partial charge >= 0.3 is 12.1 Å². The normalized spacial score (nSPS) is 12.2. The topological polar surface area (TPSA) is 50.7 Å². The van der Waals surface area contributed by atoms with E-state index >= 15 is 0 Å². The number of amidine groups is 1. The maximum atomic E-state index is 12.2. The maximum absolute atomic E-state index is 12.2. The van der Waals surface area contributed by atoms with E-state index in [4.69, 9.17) is 4.84 Å². The Morgan fingerprint density at radius 2 is 1.89 bits per heavy atom. The van der Waals surface area contributed by atoms with Crippen molar-refractivity contribution in [2.75, 3.05) is 6.61 Å². The second kappa shape index (κ2) is 6.21. The molecule has 0 spiro atoms. The van der Waals surface area contributed by atoms with Gasteiger partial charge in [0.15, 0.2) is 5.84 Å². The number of amides is 1. The van der Waals surface area contributed by atoms with E-state index in [-0.39, 0.29) is 12.4 Å². The van der Waals surface area contributed by atoms with E-state index in [0.717, 1.165) is 5.56 Å². The molecule has 0 bridgehead atoms. The molecule has 0 aliphatic heterocycles. The lowest BCUT2D eigenvalue weighted by Gasteiger charge is -2.10. The highest BCUT2D eigenvalue weighted by atomic mass is 19.4. The molecular formula is C12H13F3N2O2. The quantitative estimate of drug-likeness (QED) is 0.522. The second-order valence-corrected chi connectivity index (χ2v) is 3.68. The van der Waals surface area contributed by atoms with Gasteiger partial charge in [-0.15, -0.1) is 0 Å². The molecule has 7 heteroatoms. The predicted octanol–water partition coefficient (Wildman–Crippen LogP) is 2.37. The summed E-state index contributed by atoms with van der Waals surface area (Å²) in [6.07, 6.45) is -4.97. The summed E-state index contributed by atoms with van der Waals surface area (Å²) in [7, 11) is 0. The zero-order valence-corrected chi connectivity index (χ0v) is 10.4. The molecule has 0 aliphatic rings. The van der Waals surface area contributed by atoms with Gasteiger partial charge in [0, 0.05) is 5.56 Å². The van der Waals surface area contributed by atoms with Crippen LogP contribution in [0.3, 0.4) is 0 Å². The molecule has 0 aromatic heterocycles. The first-order valence-electron chi connectivity index (χ1n) is 5.49. The summed E-state index contributed by atoms with van der Waals surface area (Å²) in [5.74, 6) is -2.37. The van der Waals surface area contributed by atoms with Gasteiger partial charge in [-0.05, 0) is 13.8 Å². The number of carbonyl (C=O) groups is 1. The van der Waals surface area contributed by atoms with E-state index < -0.39 is 12.1 Å². The van der Waals surface area contributed by atoms with Gasteiger partial charge < -0.3 is 4.84 Å². The van der Waals surface area contributed by atoms with Crippen LogP contribution in [-0.4, -0.2) is 24.5 Å². The SMILES string of the molecule is CCO/N=C(/NC(=O)C(F)(F)F)c1ccc(C)cc1. The molecule has 4 nitrogen and oxygen atoms in total. The zero-order chi connectivity index (χ0) is 14.5. The number of hydrogen-bond donors (Lipinski definition) is 1. The molecule has 19 heavy (non-hydrogen) atoms. The van der Waals surface area contributed by atoms with Crippen LogP contribution < -0.4 is 5.32 Å². The number of hydrogen-bond acceptors (Lipinski definition) is 3. The number of rotatable bonds is 3. The molecule has 0 heterocycles. The fraction of sp³-hybridized carbons (Fsp3) is 0.333. The number of halogens is 3. The number of nitrogens with zero attached hydrogens (tertiary/aromatic N) is 1. The molecule has 1 aromatic carbocycles. The number of oxime groups is 1. The first-order chi connectivity index (χ1) is 8.84. The lowest BCUT2D eigenvalue weighted by Crippen LogP contribution is -2.41. The van der Waals surface area contributed by atoms with E-state index in [9.17, 15) is 18.0 Å². The Labute approximate surface area is 108 Å². The van der Waals surface area contributed by atoms with Crippen molar-refractivity contribution in [1.29, 1.82) is 0 Å². The van der Waals surface area contributed by atoms with Crippen LogP contribution in [0.4, 0.5) is 13.2 Å². The Bertz CT molecular complexity index is 467. The Kier molecular flexibility index (Phi) is 4.91. The van der Waals surface area contributed by atoms with Crippen LogP contribution in [0.1, 0.15) is 18.1 Å². The summed E-state index contributed by atoms with van der Waals surface area (Å²) in [6, 6.07) is 6.47. The molecule has 0 aliphatic carbocycles. The van der Waals surface area contributed by atoms with E-state index in [1.165, 1.54) is 0 Å². The van der Waals surface area contributed by atoms with Crippen molar-refractivity contribution in [3.63, 3.8) is 0 Å². The molecule has 0 radical (unpaired) electrons.